The molecule has 2 fully saturated rings. The number of hydrogen-bond donors (Lipinski definition) is 3. The first-order valence-electron chi connectivity index (χ1n) is 8.48. The van der Waals surface area contributed by atoms with Gasteiger partial charge in [-0.25, -0.2) is 4.98 Å². The minimum absolute atomic E-state index is 0.508. The lowest BCUT2D eigenvalue weighted by molar-refractivity contribution is 0.461. The molecule has 25 heavy (non-hydrogen) atoms. The second kappa shape index (κ2) is 5.86. The summed E-state index contributed by atoms with van der Waals surface area (Å²) in [5, 5.41) is 15.5. The van der Waals surface area contributed by atoms with Gasteiger partial charge in [0, 0.05) is 36.2 Å². The Morgan fingerprint density at radius 3 is 2.84 bits per heavy atom. The minimum Gasteiger partial charge on any atom is -0.339 e. The molecule has 2 saturated heterocycles. The zero-order valence-electron chi connectivity index (χ0n) is 13.5. The number of nitrogens with one attached hydrogen (secondary N) is 3. The maximum absolute atomic E-state index is 6.31. The number of anilines is 3. The number of nitrogens with zero attached hydrogens (tertiary/aromatic N) is 4. The normalized spacial score (nSPS) is 22.5. The lowest BCUT2D eigenvalue weighted by atomic mass is 10.2. The minimum atomic E-state index is 0.508. The topological polar surface area (TPSA) is 81.8 Å². The summed E-state index contributed by atoms with van der Waals surface area (Å²) in [7, 11) is 0. The van der Waals surface area contributed by atoms with Crippen LogP contribution >= 0.6 is 11.6 Å². The number of benzene rings is 1. The van der Waals surface area contributed by atoms with Gasteiger partial charge in [0.1, 0.15) is 5.02 Å². The molecule has 2 aromatic heterocycles. The zero-order chi connectivity index (χ0) is 16.8. The van der Waals surface area contributed by atoms with Gasteiger partial charge in [-0.3, -0.25) is 5.10 Å². The number of aromatic amines is 1. The van der Waals surface area contributed by atoms with E-state index in [-0.39, 0.29) is 0 Å². The predicted molar refractivity (Wildman–Crippen MR) is 98.6 cm³/mol. The van der Waals surface area contributed by atoms with Crippen LogP contribution < -0.4 is 15.5 Å². The highest BCUT2D eigenvalue weighted by Crippen LogP contribution is 2.28. The summed E-state index contributed by atoms with van der Waals surface area (Å²) in [6.45, 7) is 1.89. The number of halogens is 1. The highest BCUT2D eigenvalue weighted by Gasteiger charge is 2.33. The van der Waals surface area contributed by atoms with Crippen LogP contribution in [0.3, 0.4) is 0 Å². The van der Waals surface area contributed by atoms with Crippen molar-refractivity contribution < 1.29 is 0 Å². The third-order valence-corrected chi connectivity index (χ3v) is 5.21. The van der Waals surface area contributed by atoms with Gasteiger partial charge in [0.05, 0.1) is 17.9 Å². The van der Waals surface area contributed by atoms with Gasteiger partial charge in [-0.15, -0.1) is 0 Å². The first kappa shape index (κ1) is 14.9. The van der Waals surface area contributed by atoms with Crippen LogP contribution in [0, 0.1) is 0 Å². The van der Waals surface area contributed by atoms with Crippen molar-refractivity contribution in [1.29, 1.82) is 0 Å². The Balaban J connectivity index is 1.42. The average molecular weight is 356 g/mol. The highest BCUT2D eigenvalue weighted by atomic mass is 35.5. The molecule has 0 saturated carbocycles. The Kier molecular flexibility index (Phi) is 3.50. The van der Waals surface area contributed by atoms with E-state index in [4.69, 9.17) is 11.6 Å². The third-order valence-electron chi connectivity index (χ3n) is 4.93. The average Bonchev–Trinajstić information content (AvgIpc) is 3.22. The van der Waals surface area contributed by atoms with Crippen LogP contribution in [0.25, 0.3) is 10.9 Å². The summed E-state index contributed by atoms with van der Waals surface area (Å²) in [6.07, 6.45) is 5.92. The van der Waals surface area contributed by atoms with Crippen molar-refractivity contribution in [2.45, 2.75) is 24.9 Å². The molecule has 4 heterocycles. The first-order valence-corrected chi connectivity index (χ1v) is 8.86. The van der Waals surface area contributed by atoms with E-state index in [0.717, 1.165) is 35.6 Å². The molecule has 7 nitrogen and oxygen atoms in total. The monoisotopic (exact) mass is 355 g/mol. The Bertz CT molecular complexity index is 912. The smallest absolute Gasteiger partial charge is 0.227 e. The number of rotatable bonds is 3. The molecule has 3 aromatic rings. The first-order chi connectivity index (χ1) is 12.2. The molecule has 0 spiro atoms. The number of hydrogen-bond acceptors (Lipinski definition) is 6. The SMILES string of the molecule is Clc1cnc(N2CC3CCC(C2)N3)nc1Nc1ccc2[nH]ncc2c1. The molecule has 0 radical (unpaired) electrons. The van der Waals surface area contributed by atoms with E-state index in [2.05, 4.69) is 35.7 Å². The quantitative estimate of drug-likeness (QED) is 0.670. The molecule has 2 bridgehead atoms. The maximum Gasteiger partial charge on any atom is 0.227 e. The molecular formula is C17H18ClN7. The number of H-pyrrole nitrogens is 1. The maximum atomic E-state index is 6.31. The van der Waals surface area contributed by atoms with Gasteiger partial charge in [0.15, 0.2) is 5.82 Å². The van der Waals surface area contributed by atoms with E-state index in [0.29, 0.717) is 22.9 Å². The fourth-order valence-corrected chi connectivity index (χ4v) is 3.85. The fourth-order valence-electron chi connectivity index (χ4n) is 3.72. The highest BCUT2D eigenvalue weighted by molar-refractivity contribution is 6.32. The van der Waals surface area contributed by atoms with Crippen LogP contribution in [0.15, 0.2) is 30.6 Å². The van der Waals surface area contributed by atoms with Crippen molar-refractivity contribution in [3.8, 4) is 0 Å². The second-order valence-corrected chi connectivity index (χ2v) is 7.11. The van der Waals surface area contributed by atoms with Crippen LogP contribution in [-0.4, -0.2) is 45.3 Å². The molecule has 0 aliphatic carbocycles. The van der Waals surface area contributed by atoms with Crippen LogP contribution in [0.4, 0.5) is 17.5 Å². The Morgan fingerprint density at radius 2 is 2.00 bits per heavy atom. The van der Waals surface area contributed by atoms with Gasteiger partial charge in [-0.05, 0) is 31.0 Å². The molecule has 2 unspecified atom stereocenters. The largest absolute Gasteiger partial charge is 0.339 e. The lowest BCUT2D eigenvalue weighted by Gasteiger charge is -2.33. The van der Waals surface area contributed by atoms with Crippen molar-refractivity contribution in [3.63, 3.8) is 0 Å². The van der Waals surface area contributed by atoms with Crippen molar-refractivity contribution in [1.82, 2.24) is 25.5 Å². The van der Waals surface area contributed by atoms with Crippen LogP contribution in [0.5, 0.6) is 0 Å². The van der Waals surface area contributed by atoms with E-state index in [1.807, 2.05) is 18.2 Å². The lowest BCUT2D eigenvalue weighted by Crippen LogP contribution is -2.51. The molecule has 128 valence electrons. The number of piperazine rings is 1. The molecule has 8 heteroatoms. The Labute approximate surface area is 149 Å². The molecule has 2 atom stereocenters. The van der Waals surface area contributed by atoms with E-state index in [1.165, 1.54) is 12.8 Å². The molecule has 3 N–H and O–H groups in total. The van der Waals surface area contributed by atoms with Gasteiger partial charge in [-0.2, -0.15) is 10.1 Å². The predicted octanol–water partition coefficient (Wildman–Crippen LogP) is 2.69. The van der Waals surface area contributed by atoms with Crippen molar-refractivity contribution >= 4 is 40.0 Å². The molecular weight excluding hydrogens is 338 g/mol. The Morgan fingerprint density at radius 1 is 1.16 bits per heavy atom. The molecule has 5 rings (SSSR count). The van der Waals surface area contributed by atoms with E-state index in [9.17, 15) is 0 Å². The van der Waals surface area contributed by atoms with Gasteiger partial charge in [0.25, 0.3) is 0 Å². The standard InChI is InChI=1S/C17H18ClN7/c18-14-7-19-17(25-8-12-1-2-13(9-25)21-12)23-16(14)22-11-3-4-15-10(5-11)6-20-24-15/h3-7,12-13,21H,1-2,8-9H2,(H,20,24)(H,19,22,23). The summed E-state index contributed by atoms with van der Waals surface area (Å²) >= 11 is 6.31. The third kappa shape index (κ3) is 2.79. The molecule has 1 aromatic carbocycles. The van der Waals surface area contributed by atoms with Gasteiger partial charge in [-0.1, -0.05) is 11.6 Å². The van der Waals surface area contributed by atoms with Gasteiger partial charge < -0.3 is 15.5 Å². The second-order valence-electron chi connectivity index (χ2n) is 6.71. The van der Waals surface area contributed by atoms with Crippen LogP contribution in [-0.2, 0) is 0 Å². The summed E-state index contributed by atoms with van der Waals surface area (Å²) in [4.78, 5) is 11.4. The van der Waals surface area contributed by atoms with E-state index in [1.54, 1.807) is 12.4 Å². The van der Waals surface area contributed by atoms with Crippen molar-refractivity contribution in [2.24, 2.45) is 0 Å². The van der Waals surface area contributed by atoms with Gasteiger partial charge in [0.2, 0.25) is 5.95 Å². The van der Waals surface area contributed by atoms with Crippen molar-refractivity contribution in [2.75, 3.05) is 23.3 Å². The molecule has 2 aliphatic heterocycles. The van der Waals surface area contributed by atoms with Crippen molar-refractivity contribution in [3.05, 3.63) is 35.6 Å². The van der Waals surface area contributed by atoms with Crippen LogP contribution in [0.2, 0.25) is 5.02 Å². The molecule has 2 aliphatic rings. The van der Waals surface area contributed by atoms with E-state index < -0.39 is 0 Å². The Hall–Kier alpha value is -2.38. The number of fused-ring (bicyclic) bond motifs is 3. The summed E-state index contributed by atoms with van der Waals surface area (Å²) in [6, 6.07) is 7.05. The number of aromatic nitrogens is 4. The molecule has 0 amide bonds. The summed E-state index contributed by atoms with van der Waals surface area (Å²) in [5.41, 5.74) is 1.91. The van der Waals surface area contributed by atoms with Gasteiger partial charge >= 0.3 is 0 Å². The van der Waals surface area contributed by atoms with Crippen LogP contribution in [0.1, 0.15) is 12.8 Å². The zero-order valence-corrected chi connectivity index (χ0v) is 14.3. The van der Waals surface area contributed by atoms with E-state index >= 15 is 0 Å². The summed E-state index contributed by atoms with van der Waals surface area (Å²) in [5.74, 6) is 1.36. The summed E-state index contributed by atoms with van der Waals surface area (Å²) < 4.78 is 0. The fraction of sp³-hybridized carbons (Fsp3) is 0.353.